The fourth-order valence-electron chi connectivity index (χ4n) is 11.0. The highest BCUT2D eigenvalue weighted by Gasteiger charge is 2.45. The molecule has 87 heavy (non-hydrogen) atoms. The van der Waals surface area contributed by atoms with Crippen LogP contribution < -0.4 is 25.6 Å². The number of β-amino-alcohol motifs (C(OH)–C–C–N with tert-alkyl or cyclic N) is 1. The van der Waals surface area contributed by atoms with E-state index in [4.69, 9.17) is 4.74 Å². The van der Waals surface area contributed by atoms with E-state index in [1.165, 1.54) is 39.7 Å². The van der Waals surface area contributed by atoms with Crippen molar-refractivity contribution in [3.63, 3.8) is 0 Å². The van der Waals surface area contributed by atoms with Gasteiger partial charge in [0, 0.05) is 80.1 Å². The minimum absolute atomic E-state index is 0.0185. The molecule has 456 valence electrons. The number of halogens is 1. The molecule has 0 bridgehead atoms. The van der Waals surface area contributed by atoms with Crippen molar-refractivity contribution in [3.05, 3.63) is 117 Å². The van der Waals surface area contributed by atoms with Gasteiger partial charge in [-0.15, -0.1) is 32.9 Å². The number of fused-ring (bicyclic) bond motifs is 2. The monoisotopic (exact) mass is 1240 g/mol. The molecule has 7 heterocycles. The summed E-state index contributed by atoms with van der Waals surface area (Å²) in [4.78, 5) is 89.4. The van der Waals surface area contributed by atoms with Gasteiger partial charge in [-0.05, 0) is 99.7 Å². The first kappa shape index (κ1) is 62.1. The van der Waals surface area contributed by atoms with Crippen molar-refractivity contribution < 1.29 is 43.3 Å². The summed E-state index contributed by atoms with van der Waals surface area (Å²) in [5, 5.41) is 40.4. The Labute approximate surface area is 516 Å². The van der Waals surface area contributed by atoms with Crippen molar-refractivity contribution in [1.29, 1.82) is 0 Å². The molecular weight excluding hydrogens is 1170 g/mol. The molecule has 3 aromatic carbocycles. The Morgan fingerprint density at radius 2 is 1.70 bits per heavy atom. The number of likely N-dealkylation sites (tertiary alicyclic amines) is 1. The highest BCUT2D eigenvalue weighted by Crippen LogP contribution is 2.40. The number of para-hydroxylation sites is 1. The maximum Gasteiger partial charge on any atom is 0.355 e. The molecule has 4 atom stereocenters. The van der Waals surface area contributed by atoms with E-state index in [2.05, 4.69) is 57.8 Å². The zero-order valence-corrected chi connectivity index (χ0v) is 52.0. The number of benzene rings is 3. The SMILES string of the molecule is Cc1ncsc1-c1ccc([C@H](C)NC(=O)[C@@H]2C[C@@H](O)CN2C(=O)[C@@H](NC(=O)CCCC(=O)N2CCN(CC#Cc3ccc(OCCCc4sc(N5CCCc6c5nnc(Nc5nc7ccccc7s5)c6C)nc4C(=O)O)c(F)c3)CC2)C(C)(C)C)cc1. The Morgan fingerprint density at radius 3 is 2.43 bits per heavy atom. The molecule has 5 N–H and O–H groups in total. The number of hydrogen-bond donors (Lipinski definition) is 5. The van der Waals surface area contributed by atoms with Crippen molar-refractivity contribution in [2.45, 2.75) is 117 Å². The fourth-order valence-corrected chi connectivity index (χ4v) is 13.8. The van der Waals surface area contributed by atoms with Crippen LogP contribution in [0.4, 0.5) is 26.3 Å². The number of hydrogen-bond acceptors (Lipinski definition) is 18. The van der Waals surface area contributed by atoms with Crippen molar-refractivity contribution >= 4 is 95.7 Å². The van der Waals surface area contributed by atoms with Crippen LogP contribution in [0, 0.1) is 36.9 Å². The molecule has 2 saturated heterocycles. The van der Waals surface area contributed by atoms with Gasteiger partial charge in [-0.2, -0.15) is 0 Å². The second-order valence-electron chi connectivity index (χ2n) is 23.2. The van der Waals surface area contributed by atoms with Gasteiger partial charge in [-0.3, -0.25) is 24.1 Å². The molecule has 0 aliphatic carbocycles. The lowest BCUT2D eigenvalue weighted by atomic mass is 9.85. The van der Waals surface area contributed by atoms with Gasteiger partial charge in [0.1, 0.15) is 12.1 Å². The van der Waals surface area contributed by atoms with Gasteiger partial charge >= 0.3 is 5.97 Å². The van der Waals surface area contributed by atoms with Gasteiger partial charge in [0.05, 0.1) is 51.6 Å². The molecule has 3 aliphatic heterocycles. The van der Waals surface area contributed by atoms with Crippen LogP contribution in [0.3, 0.4) is 0 Å². The van der Waals surface area contributed by atoms with Gasteiger partial charge in [0.15, 0.2) is 39.2 Å². The average molecular weight is 1240 g/mol. The summed E-state index contributed by atoms with van der Waals surface area (Å²) in [6, 6.07) is 18.1. The molecule has 0 saturated carbocycles. The Balaban J connectivity index is 0.636. The Bertz CT molecular complexity index is 3700. The highest BCUT2D eigenvalue weighted by atomic mass is 32.1. The van der Waals surface area contributed by atoms with Crippen molar-refractivity contribution in [1.82, 2.24) is 50.5 Å². The van der Waals surface area contributed by atoms with E-state index < -0.39 is 47.2 Å². The van der Waals surface area contributed by atoms with E-state index in [9.17, 15) is 34.2 Å². The number of carbonyl (C=O) groups is 5. The second kappa shape index (κ2) is 27.4. The van der Waals surface area contributed by atoms with E-state index >= 15 is 4.39 Å². The van der Waals surface area contributed by atoms with Crippen molar-refractivity contribution in [2.75, 3.05) is 62.6 Å². The number of carboxylic acid groups (broad SMARTS) is 1. The number of aliphatic hydroxyl groups is 1. The summed E-state index contributed by atoms with van der Waals surface area (Å²) in [5.74, 6) is 4.47. The van der Waals surface area contributed by atoms with Gasteiger partial charge in [0.25, 0.3) is 0 Å². The molecule has 3 aliphatic rings. The number of piperazine rings is 1. The lowest BCUT2D eigenvalue weighted by Crippen LogP contribution is -2.57. The number of aromatic nitrogens is 5. The number of thiazole rings is 3. The highest BCUT2D eigenvalue weighted by molar-refractivity contribution is 7.22. The molecule has 2 fully saturated rings. The van der Waals surface area contributed by atoms with Crippen LogP contribution in [0.25, 0.3) is 20.7 Å². The fraction of sp³-hybridized carbons (Fsp3) is 0.429. The molecule has 20 nitrogen and oxygen atoms in total. The number of amides is 4. The number of aromatic carboxylic acids is 1. The summed E-state index contributed by atoms with van der Waals surface area (Å²) >= 11 is 4.40. The number of anilines is 4. The third kappa shape index (κ3) is 14.9. The predicted octanol–water partition coefficient (Wildman–Crippen LogP) is 9.00. The first-order valence-corrected chi connectivity index (χ1v) is 31.8. The molecule has 10 rings (SSSR count). The van der Waals surface area contributed by atoms with Crippen molar-refractivity contribution in [3.8, 4) is 28.0 Å². The number of aryl methyl sites for hydroxylation is 2. The molecule has 7 aromatic rings. The maximum absolute atomic E-state index is 15.3. The van der Waals surface area contributed by atoms with E-state index in [1.54, 1.807) is 22.3 Å². The smallest absolute Gasteiger partial charge is 0.355 e. The number of carbonyl (C=O) groups excluding carboxylic acids is 4. The van der Waals surface area contributed by atoms with E-state index in [1.807, 2.05) is 100 Å². The third-order valence-electron chi connectivity index (χ3n) is 15.9. The molecule has 0 radical (unpaired) electrons. The minimum atomic E-state index is -1.13. The number of rotatable bonds is 20. The van der Waals surface area contributed by atoms with Gasteiger partial charge in [0.2, 0.25) is 23.6 Å². The number of aliphatic hydroxyl groups excluding tert-OH is 1. The summed E-state index contributed by atoms with van der Waals surface area (Å²) < 4.78 is 22.2. The first-order valence-electron chi connectivity index (χ1n) is 29.3. The summed E-state index contributed by atoms with van der Waals surface area (Å²) in [5.41, 5.74) is 7.25. The van der Waals surface area contributed by atoms with E-state index in [-0.39, 0.29) is 68.1 Å². The molecule has 24 heteroatoms. The third-order valence-corrected chi connectivity index (χ3v) is 18.9. The summed E-state index contributed by atoms with van der Waals surface area (Å²) in [6.45, 7) is 14.6. The van der Waals surface area contributed by atoms with Gasteiger partial charge < -0.3 is 45.6 Å². The van der Waals surface area contributed by atoms with E-state index in [0.717, 1.165) is 61.0 Å². The lowest BCUT2D eigenvalue weighted by molar-refractivity contribution is -0.144. The molecule has 0 spiro atoms. The predicted molar refractivity (Wildman–Crippen MR) is 334 cm³/mol. The van der Waals surface area contributed by atoms with Crippen LogP contribution in [0.2, 0.25) is 0 Å². The molecule has 0 unspecified atom stereocenters. The number of carboxylic acids is 1. The van der Waals surface area contributed by atoms with Crippen LogP contribution >= 0.6 is 34.0 Å². The quantitative estimate of drug-likeness (QED) is 0.0353. The van der Waals surface area contributed by atoms with Gasteiger partial charge in [-0.1, -0.05) is 80.3 Å². The Kier molecular flexibility index (Phi) is 19.6. The zero-order valence-electron chi connectivity index (χ0n) is 49.5. The number of nitrogens with zero attached hydrogens (tertiary/aromatic N) is 9. The normalized spacial score (nSPS) is 16.9. The lowest BCUT2D eigenvalue weighted by Gasteiger charge is -2.35. The van der Waals surface area contributed by atoms with Crippen LogP contribution in [-0.4, -0.2) is 150 Å². The zero-order chi connectivity index (χ0) is 61.5. The Hall–Kier alpha value is -7.95. The van der Waals surface area contributed by atoms with Gasteiger partial charge in [-0.25, -0.2) is 24.1 Å². The Morgan fingerprint density at radius 1 is 0.920 bits per heavy atom. The van der Waals surface area contributed by atoms with Crippen LogP contribution in [0.15, 0.2) is 72.2 Å². The van der Waals surface area contributed by atoms with Crippen molar-refractivity contribution in [2.24, 2.45) is 5.41 Å². The average Bonchev–Trinajstić information content (AvgIpc) is 2.15. The summed E-state index contributed by atoms with van der Waals surface area (Å²) in [7, 11) is 0. The van der Waals surface area contributed by atoms with Crippen LogP contribution in [0.1, 0.15) is 116 Å². The van der Waals surface area contributed by atoms with Crippen LogP contribution in [-0.2, 0) is 32.0 Å². The standard InChI is InChI=1S/C63H71FN12O8S3/c1-37-44-14-11-27-75(57(44)72-71-56(37)70-61-67-46-15-7-8-16-49(46)86-61)62-69-53(60(82)83)50(87-62)17-12-32-84-48-25-20-40(33-45(48)64)13-10-26-73-28-30-74(31-29-73)52(79)19-9-18-51(78)68-55(63(4,5)6)59(81)76-35-43(77)34-47(76)58(80)66-38(2)41-21-23-42(24-22-41)54-39(3)65-36-85-54/h7-8,15-16,20-25,33,36,38,43,47,55,77H,9,11-12,14,17-19,26-32,34-35H2,1-6H3,(H,66,80)(H,68,78)(H,82,83)(H,67,70,71)/t38-,43+,47-,55+/m0/s1. The second-order valence-corrected chi connectivity index (χ2v) is 26.2. The summed E-state index contributed by atoms with van der Waals surface area (Å²) in [6.07, 6.45) is 1.99. The number of ether oxygens (including phenoxy) is 1. The maximum atomic E-state index is 15.3. The van der Waals surface area contributed by atoms with E-state index in [0.29, 0.717) is 79.3 Å². The minimum Gasteiger partial charge on any atom is -0.491 e. The molecular formula is C63H71FN12O8S3. The molecule has 4 aromatic heterocycles. The molecule has 4 amide bonds. The largest absolute Gasteiger partial charge is 0.491 e. The number of nitrogens with one attached hydrogen (secondary N) is 3. The first-order chi connectivity index (χ1) is 41.8. The topological polar surface area (TPSA) is 249 Å². The van der Waals surface area contributed by atoms with Crippen LogP contribution in [0.5, 0.6) is 5.75 Å².